The second-order valence-corrected chi connectivity index (χ2v) is 5.64. The number of rotatable bonds is 5. The Kier molecular flexibility index (Phi) is 4.28. The number of nitrogens with one attached hydrogen (secondary N) is 1. The lowest BCUT2D eigenvalue weighted by molar-refractivity contribution is 0.775. The third-order valence-corrected chi connectivity index (χ3v) is 3.83. The molecule has 5 nitrogen and oxygen atoms in total. The van der Waals surface area contributed by atoms with Crippen molar-refractivity contribution in [1.82, 2.24) is 14.8 Å². The van der Waals surface area contributed by atoms with Gasteiger partial charge in [-0.05, 0) is 17.7 Å². The van der Waals surface area contributed by atoms with Gasteiger partial charge >= 0.3 is 0 Å². The van der Waals surface area contributed by atoms with Gasteiger partial charge in [-0.3, -0.25) is 4.68 Å². The van der Waals surface area contributed by atoms with Crippen LogP contribution in [-0.2, 0) is 13.6 Å². The second-order valence-electron chi connectivity index (χ2n) is 5.64. The van der Waals surface area contributed by atoms with E-state index in [4.69, 9.17) is 0 Å². The minimum Gasteiger partial charge on any atom is -0.378 e. The maximum Gasteiger partial charge on any atom is 0.128 e. The quantitative estimate of drug-likeness (QED) is 0.786. The first-order chi connectivity index (χ1) is 11.1. The van der Waals surface area contributed by atoms with E-state index in [1.54, 1.807) is 0 Å². The van der Waals surface area contributed by atoms with Crippen LogP contribution >= 0.6 is 0 Å². The molecular formula is C18H21N5. The molecule has 0 radical (unpaired) electrons. The standard InChI is InChI=1S/C18H21N5/c1-22(2)15-8-10-19-18(12-15)20-13-14-6-4-5-7-16(14)17-9-11-21-23(17)3/h4-12H,13H2,1-3H3,(H,19,20). The van der Waals surface area contributed by atoms with Gasteiger partial charge in [-0.1, -0.05) is 24.3 Å². The van der Waals surface area contributed by atoms with Crippen molar-refractivity contribution in [1.29, 1.82) is 0 Å². The molecule has 0 atom stereocenters. The first-order valence-electron chi connectivity index (χ1n) is 7.58. The normalized spacial score (nSPS) is 10.6. The van der Waals surface area contributed by atoms with Crippen LogP contribution in [-0.4, -0.2) is 28.9 Å². The number of pyridine rings is 1. The molecule has 2 heterocycles. The maximum atomic E-state index is 4.39. The van der Waals surface area contributed by atoms with Gasteiger partial charge < -0.3 is 10.2 Å². The number of nitrogens with zero attached hydrogens (tertiary/aromatic N) is 4. The van der Waals surface area contributed by atoms with Gasteiger partial charge in [0.2, 0.25) is 0 Å². The van der Waals surface area contributed by atoms with Crippen LogP contribution in [0.25, 0.3) is 11.3 Å². The molecule has 3 aromatic rings. The van der Waals surface area contributed by atoms with Crippen molar-refractivity contribution in [2.75, 3.05) is 24.3 Å². The van der Waals surface area contributed by atoms with Crippen LogP contribution < -0.4 is 10.2 Å². The van der Waals surface area contributed by atoms with Crippen molar-refractivity contribution < 1.29 is 0 Å². The fraction of sp³-hybridized carbons (Fsp3) is 0.222. The van der Waals surface area contributed by atoms with E-state index in [9.17, 15) is 0 Å². The fourth-order valence-electron chi connectivity index (χ4n) is 2.54. The van der Waals surface area contributed by atoms with E-state index >= 15 is 0 Å². The van der Waals surface area contributed by atoms with Crippen LogP contribution in [0.4, 0.5) is 11.5 Å². The molecule has 1 aromatic carbocycles. The van der Waals surface area contributed by atoms with Crippen molar-refractivity contribution in [3.05, 3.63) is 60.4 Å². The Morgan fingerprint density at radius 3 is 2.65 bits per heavy atom. The Morgan fingerprint density at radius 1 is 1.09 bits per heavy atom. The van der Waals surface area contributed by atoms with E-state index in [1.165, 1.54) is 11.1 Å². The zero-order chi connectivity index (χ0) is 16.2. The van der Waals surface area contributed by atoms with Gasteiger partial charge in [-0.25, -0.2) is 4.98 Å². The van der Waals surface area contributed by atoms with Gasteiger partial charge in [-0.2, -0.15) is 5.10 Å². The van der Waals surface area contributed by atoms with E-state index in [0.717, 1.165) is 17.2 Å². The molecule has 1 N–H and O–H groups in total. The third kappa shape index (κ3) is 3.34. The number of hydrogen-bond donors (Lipinski definition) is 1. The summed E-state index contributed by atoms with van der Waals surface area (Å²) in [7, 11) is 6.01. The van der Waals surface area contributed by atoms with E-state index in [1.807, 2.05) is 56.4 Å². The Morgan fingerprint density at radius 2 is 1.91 bits per heavy atom. The van der Waals surface area contributed by atoms with Gasteiger partial charge in [0.15, 0.2) is 0 Å². The lowest BCUT2D eigenvalue weighted by atomic mass is 10.0. The molecule has 118 valence electrons. The zero-order valence-corrected chi connectivity index (χ0v) is 13.7. The van der Waals surface area contributed by atoms with Crippen molar-refractivity contribution in [2.45, 2.75) is 6.54 Å². The summed E-state index contributed by atoms with van der Waals surface area (Å²) in [4.78, 5) is 6.46. The average molecular weight is 307 g/mol. The summed E-state index contributed by atoms with van der Waals surface area (Å²) in [6.45, 7) is 0.714. The smallest absolute Gasteiger partial charge is 0.128 e. The second kappa shape index (κ2) is 6.52. The maximum absolute atomic E-state index is 4.39. The van der Waals surface area contributed by atoms with Gasteiger partial charge in [0.25, 0.3) is 0 Å². The lowest BCUT2D eigenvalue weighted by Gasteiger charge is -2.15. The monoisotopic (exact) mass is 307 g/mol. The topological polar surface area (TPSA) is 46.0 Å². The molecule has 0 aliphatic heterocycles. The molecule has 23 heavy (non-hydrogen) atoms. The number of aromatic nitrogens is 3. The summed E-state index contributed by atoms with van der Waals surface area (Å²) in [5, 5.41) is 7.67. The van der Waals surface area contributed by atoms with Crippen LogP contribution in [0, 0.1) is 0 Å². The molecular weight excluding hydrogens is 286 g/mol. The van der Waals surface area contributed by atoms with Crippen LogP contribution in [0.15, 0.2) is 54.9 Å². The van der Waals surface area contributed by atoms with E-state index in [0.29, 0.717) is 6.54 Å². The van der Waals surface area contributed by atoms with Crippen LogP contribution in [0.1, 0.15) is 5.56 Å². The highest BCUT2D eigenvalue weighted by Crippen LogP contribution is 2.24. The Labute approximate surface area is 136 Å². The molecule has 2 aromatic heterocycles. The summed E-state index contributed by atoms with van der Waals surface area (Å²) >= 11 is 0. The van der Waals surface area contributed by atoms with Crippen molar-refractivity contribution in [3.8, 4) is 11.3 Å². The molecule has 0 amide bonds. The van der Waals surface area contributed by atoms with E-state index in [-0.39, 0.29) is 0 Å². The summed E-state index contributed by atoms with van der Waals surface area (Å²) < 4.78 is 1.89. The van der Waals surface area contributed by atoms with Crippen LogP contribution in [0.3, 0.4) is 0 Å². The number of aryl methyl sites for hydroxylation is 1. The molecule has 0 fully saturated rings. The van der Waals surface area contributed by atoms with E-state index < -0.39 is 0 Å². The average Bonchev–Trinajstić information content (AvgIpc) is 2.99. The Balaban J connectivity index is 1.82. The fourth-order valence-corrected chi connectivity index (χ4v) is 2.54. The number of anilines is 2. The summed E-state index contributed by atoms with van der Waals surface area (Å²) in [5.41, 5.74) is 4.64. The summed E-state index contributed by atoms with van der Waals surface area (Å²) in [6, 6.07) is 14.4. The molecule has 0 bridgehead atoms. The van der Waals surface area contributed by atoms with E-state index in [2.05, 4.69) is 44.6 Å². The molecule has 0 aliphatic rings. The van der Waals surface area contributed by atoms with Crippen molar-refractivity contribution in [3.63, 3.8) is 0 Å². The summed E-state index contributed by atoms with van der Waals surface area (Å²) in [6.07, 6.45) is 3.65. The largest absolute Gasteiger partial charge is 0.378 e. The molecule has 0 unspecified atom stereocenters. The summed E-state index contributed by atoms with van der Waals surface area (Å²) in [5.74, 6) is 0.871. The lowest BCUT2D eigenvalue weighted by Crippen LogP contribution is -2.10. The highest BCUT2D eigenvalue weighted by atomic mass is 15.3. The Bertz CT molecular complexity index is 791. The Hall–Kier alpha value is -2.82. The minimum absolute atomic E-state index is 0.714. The predicted molar refractivity (Wildman–Crippen MR) is 94.5 cm³/mol. The predicted octanol–water partition coefficient (Wildman–Crippen LogP) is 3.16. The molecule has 3 rings (SSSR count). The van der Waals surface area contributed by atoms with Gasteiger partial charge in [0.1, 0.15) is 5.82 Å². The molecule has 5 heteroatoms. The number of hydrogen-bond acceptors (Lipinski definition) is 4. The van der Waals surface area contributed by atoms with Crippen LogP contribution in [0.5, 0.6) is 0 Å². The minimum atomic E-state index is 0.714. The zero-order valence-electron chi connectivity index (χ0n) is 13.7. The first-order valence-corrected chi connectivity index (χ1v) is 7.58. The van der Waals surface area contributed by atoms with Crippen molar-refractivity contribution in [2.24, 2.45) is 7.05 Å². The molecule has 0 saturated carbocycles. The van der Waals surface area contributed by atoms with Gasteiger partial charge in [0, 0.05) is 57.4 Å². The molecule has 0 spiro atoms. The van der Waals surface area contributed by atoms with Crippen molar-refractivity contribution >= 4 is 11.5 Å². The third-order valence-electron chi connectivity index (χ3n) is 3.83. The molecule has 0 saturated heterocycles. The highest BCUT2D eigenvalue weighted by molar-refractivity contribution is 5.64. The van der Waals surface area contributed by atoms with Gasteiger partial charge in [-0.15, -0.1) is 0 Å². The molecule has 0 aliphatic carbocycles. The highest BCUT2D eigenvalue weighted by Gasteiger charge is 2.08. The number of benzene rings is 1. The first kappa shape index (κ1) is 15.1. The SMILES string of the molecule is CN(C)c1ccnc(NCc2ccccc2-c2ccnn2C)c1. The van der Waals surface area contributed by atoms with Gasteiger partial charge in [0.05, 0.1) is 5.69 Å². The van der Waals surface area contributed by atoms with Crippen LogP contribution in [0.2, 0.25) is 0 Å².